The van der Waals surface area contributed by atoms with Crippen LogP contribution in [-0.4, -0.2) is 48.7 Å². The number of hydrogen-bond donors (Lipinski definition) is 0. The van der Waals surface area contributed by atoms with Gasteiger partial charge in [0.25, 0.3) is 5.91 Å². The Labute approximate surface area is 120 Å². The van der Waals surface area contributed by atoms with E-state index in [1.807, 2.05) is 6.92 Å². The molecular formula is C12H15IN2O3. The van der Waals surface area contributed by atoms with E-state index in [-0.39, 0.29) is 12.0 Å². The smallest absolute Gasteiger partial charge is 0.260 e. The van der Waals surface area contributed by atoms with Crippen LogP contribution in [0.15, 0.2) is 12.3 Å². The van der Waals surface area contributed by atoms with Gasteiger partial charge in [0.05, 0.1) is 19.8 Å². The molecule has 98 valence electrons. The predicted octanol–water partition coefficient (Wildman–Crippen LogP) is 1.56. The summed E-state index contributed by atoms with van der Waals surface area (Å²) in [5.41, 5.74) is 0.537. The summed E-state index contributed by atoms with van der Waals surface area (Å²) in [5, 5.41) is 0. The maximum atomic E-state index is 12.5. The fourth-order valence-corrected chi connectivity index (χ4v) is 2.55. The Balaban J connectivity index is 2.28. The fraction of sp³-hybridized carbons (Fsp3) is 0.500. The topological polar surface area (TPSA) is 51.7 Å². The van der Waals surface area contributed by atoms with Gasteiger partial charge in [0, 0.05) is 22.9 Å². The number of nitrogens with zero attached hydrogens (tertiary/aromatic N) is 2. The van der Waals surface area contributed by atoms with Crippen molar-refractivity contribution in [3.63, 3.8) is 0 Å². The first kappa shape index (κ1) is 13.5. The second kappa shape index (κ2) is 5.83. The van der Waals surface area contributed by atoms with E-state index in [2.05, 4.69) is 27.6 Å². The lowest BCUT2D eigenvalue weighted by Gasteiger charge is -2.31. The molecule has 1 atom stereocenters. The molecule has 1 fully saturated rings. The second-order valence-corrected chi connectivity index (χ2v) is 5.27. The van der Waals surface area contributed by atoms with Crippen molar-refractivity contribution in [1.29, 1.82) is 0 Å². The number of rotatable bonds is 2. The van der Waals surface area contributed by atoms with E-state index in [9.17, 15) is 4.79 Å². The van der Waals surface area contributed by atoms with Crippen molar-refractivity contribution in [2.75, 3.05) is 26.8 Å². The van der Waals surface area contributed by atoms with Gasteiger partial charge in [0.2, 0.25) is 5.88 Å². The lowest BCUT2D eigenvalue weighted by atomic mass is 10.2. The van der Waals surface area contributed by atoms with Gasteiger partial charge in [-0.1, -0.05) is 0 Å². The van der Waals surface area contributed by atoms with Crippen molar-refractivity contribution < 1.29 is 14.3 Å². The second-order valence-electron chi connectivity index (χ2n) is 4.11. The Bertz CT molecular complexity index is 453. The van der Waals surface area contributed by atoms with Gasteiger partial charge in [-0.3, -0.25) is 4.79 Å². The third-order valence-corrected chi connectivity index (χ3v) is 3.70. The number of aromatic nitrogens is 1. The van der Waals surface area contributed by atoms with Crippen LogP contribution in [0.5, 0.6) is 5.88 Å². The zero-order chi connectivity index (χ0) is 13.1. The van der Waals surface area contributed by atoms with Gasteiger partial charge in [-0.15, -0.1) is 0 Å². The Morgan fingerprint density at radius 1 is 1.67 bits per heavy atom. The van der Waals surface area contributed by atoms with Crippen molar-refractivity contribution in [1.82, 2.24) is 9.88 Å². The SMILES string of the molecule is COc1nccc(I)c1C(=O)N1CCOC(C)C1. The van der Waals surface area contributed by atoms with Crippen LogP contribution < -0.4 is 4.74 Å². The molecule has 18 heavy (non-hydrogen) atoms. The van der Waals surface area contributed by atoms with Gasteiger partial charge >= 0.3 is 0 Å². The van der Waals surface area contributed by atoms with Crippen LogP contribution in [-0.2, 0) is 4.74 Å². The van der Waals surface area contributed by atoms with E-state index in [0.717, 1.165) is 3.57 Å². The molecular weight excluding hydrogens is 347 g/mol. The fourth-order valence-electron chi connectivity index (χ4n) is 1.93. The molecule has 1 aromatic heterocycles. The van der Waals surface area contributed by atoms with Crippen LogP contribution in [0, 0.1) is 3.57 Å². The molecule has 0 bridgehead atoms. The normalized spacial score (nSPS) is 19.7. The molecule has 5 nitrogen and oxygen atoms in total. The lowest BCUT2D eigenvalue weighted by Crippen LogP contribution is -2.44. The zero-order valence-electron chi connectivity index (χ0n) is 10.4. The minimum Gasteiger partial charge on any atom is -0.480 e. The largest absolute Gasteiger partial charge is 0.480 e. The highest BCUT2D eigenvalue weighted by atomic mass is 127. The first-order chi connectivity index (χ1) is 8.63. The highest BCUT2D eigenvalue weighted by molar-refractivity contribution is 14.1. The number of hydrogen-bond acceptors (Lipinski definition) is 4. The molecule has 2 rings (SSSR count). The number of ether oxygens (including phenoxy) is 2. The van der Waals surface area contributed by atoms with E-state index in [0.29, 0.717) is 31.1 Å². The molecule has 2 heterocycles. The summed E-state index contributed by atoms with van der Waals surface area (Å²) in [6.07, 6.45) is 1.71. The van der Waals surface area contributed by atoms with Crippen LogP contribution in [0.4, 0.5) is 0 Å². The monoisotopic (exact) mass is 362 g/mol. The molecule has 6 heteroatoms. The number of morpholine rings is 1. The molecule has 1 saturated heterocycles. The molecule has 0 radical (unpaired) electrons. The summed E-state index contributed by atoms with van der Waals surface area (Å²) in [7, 11) is 1.52. The van der Waals surface area contributed by atoms with Crippen LogP contribution >= 0.6 is 22.6 Å². The summed E-state index contributed by atoms with van der Waals surface area (Å²) in [6, 6.07) is 1.81. The third kappa shape index (κ3) is 2.74. The minimum absolute atomic E-state index is 0.0421. The van der Waals surface area contributed by atoms with Crippen molar-refractivity contribution >= 4 is 28.5 Å². The number of carbonyl (C=O) groups excluding carboxylic acids is 1. The standard InChI is InChI=1S/C12H15IN2O3/c1-8-7-15(5-6-18-8)12(16)10-9(13)3-4-14-11(10)17-2/h3-4,8H,5-7H2,1-2H3. The molecule has 0 aromatic carbocycles. The van der Waals surface area contributed by atoms with Crippen LogP contribution in [0.2, 0.25) is 0 Å². The molecule has 1 amide bonds. The van der Waals surface area contributed by atoms with Crippen molar-refractivity contribution in [2.45, 2.75) is 13.0 Å². The summed E-state index contributed by atoms with van der Waals surface area (Å²) >= 11 is 2.13. The molecule has 0 N–H and O–H groups in total. The molecule has 1 aliphatic rings. The van der Waals surface area contributed by atoms with E-state index in [4.69, 9.17) is 9.47 Å². The average molecular weight is 362 g/mol. The van der Waals surface area contributed by atoms with Gasteiger partial charge < -0.3 is 14.4 Å². The number of carbonyl (C=O) groups is 1. The van der Waals surface area contributed by atoms with Crippen molar-refractivity contribution in [2.24, 2.45) is 0 Å². The van der Waals surface area contributed by atoms with Crippen molar-refractivity contribution in [3.05, 3.63) is 21.4 Å². The number of methoxy groups -OCH3 is 1. The van der Waals surface area contributed by atoms with Crippen LogP contribution in [0.3, 0.4) is 0 Å². The van der Waals surface area contributed by atoms with Crippen LogP contribution in [0.25, 0.3) is 0 Å². The molecule has 1 aliphatic heterocycles. The Morgan fingerprint density at radius 2 is 2.44 bits per heavy atom. The van der Waals surface area contributed by atoms with E-state index >= 15 is 0 Å². The molecule has 0 spiro atoms. The molecule has 1 aromatic rings. The molecule has 0 saturated carbocycles. The van der Waals surface area contributed by atoms with Gasteiger partial charge in [-0.25, -0.2) is 4.98 Å². The molecule has 0 aliphatic carbocycles. The average Bonchev–Trinajstić information content (AvgIpc) is 2.37. The van der Waals surface area contributed by atoms with Gasteiger partial charge in [0.1, 0.15) is 5.56 Å². The summed E-state index contributed by atoms with van der Waals surface area (Å²) in [6.45, 7) is 3.75. The quantitative estimate of drug-likeness (QED) is 0.750. The number of amides is 1. The lowest BCUT2D eigenvalue weighted by molar-refractivity contribution is -0.0125. The predicted molar refractivity (Wildman–Crippen MR) is 74.8 cm³/mol. The Morgan fingerprint density at radius 3 is 3.11 bits per heavy atom. The number of pyridine rings is 1. The van der Waals surface area contributed by atoms with E-state index in [1.54, 1.807) is 17.2 Å². The van der Waals surface area contributed by atoms with E-state index in [1.165, 1.54) is 7.11 Å². The summed E-state index contributed by atoms with van der Waals surface area (Å²) in [5.74, 6) is 0.338. The zero-order valence-corrected chi connectivity index (χ0v) is 12.5. The highest BCUT2D eigenvalue weighted by Gasteiger charge is 2.26. The van der Waals surface area contributed by atoms with E-state index < -0.39 is 0 Å². The van der Waals surface area contributed by atoms with Crippen LogP contribution in [0.1, 0.15) is 17.3 Å². The maximum absolute atomic E-state index is 12.5. The Kier molecular flexibility index (Phi) is 4.39. The highest BCUT2D eigenvalue weighted by Crippen LogP contribution is 2.23. The Hall–Kier alpha value is -0.890. The summed E-state index contributed by atoms with van der Waals surface area (Å²) < 4.78 is 11.5. The van der Waals surface area contributed by atoms with Gasteiger partial charge in [0.15, 0.2) is 0 Å². The minimum atomic E-state index is -0.0421. The first-order valence-electron chi connectivity index (χ1n) is 5.73. The van der Waals surface area contributed by atoms with Gasteiger partial charge in [-0.05, 0) is 35.6 Å². The van der Waals surface area contributed by atoms with Crippen molar-refractivity contribution in [3.8, 4) is 5.88 Å². The van der Waals surface area contributed by atoms with Gasteiger partial charge in [-0.2, -0.15) is 0 Å². The third-order valence-electron chi connectivity index (χ3n) is 2.80. The maximum Gasteiger partial charge on any atom is 0.260 e. The number of halogens is 1. The summed E-state index contributed by atoms with van der Waals surface area (Å²) in [4.78, 5) is 18.4. The molecule has 1 unspecified atom stereocenters. The first-order valence-corrected chi connectivity index (χ1v) is 6.80.